The Kier molecular flexibility index (Phi) is 5.79. The first-order valence-corrected chi connectivity index (χ1v) is 10.3. The summed E-state index contributed by atoms with van der Waals surface area (Å²) in [5, 5.41) is 8.08. The Balaban J connectivity index is 1.94. The van der Waals surface area contributed by atoms with E-state index in [1.807, 2.05) is 29.2 Å². The first-order valence-electron chi connectivity index (χ1n) is 8.78. The number of carbonyl (C=O) groups is 1. The summed E-state index contributed by atoms with van der Waals surface area (Å²) in [5.41, 5.74) is 2.74. The van der Waals surface area contributed by atoms with Gasteiger partial charge < -0.3 is 15.0 Å². The van der Waals surface area contributed by atoms with Gasteiger partial charge in [-0.1, -0.05) is 19.1 Å². The van der Waals surface area contributed by atoms with E-state index in [9.17, 15) is 13.2 Å². The Morgan fingerprint density at radius 3 is 2.41 bits per heavy atom. The van der Waals surface area contributed by atoms with E-state index >= 15 is 0 Å². The molecule has 1 aliphatic heterocycles. The number of hydrogen-bond acceptors (Lipinski definition) is 5. The van der Waals surface area contributed by atoms with Gasteiger partial charge in [0.1, 0.15) is 0 Å². The van der Waals surface area contributed by atoms with Crippen LogP contribution in [0.1, 0.15) is 22.8 Å². The lowest BCUT2D eigenvalue weighted by Crippen LogP contribution is -2.37. The zero-order chi connectivity index (χ0) is 19.4. The lowest BCUT2D eigenvalue weighted by molar-refractivity contribution is 0.102. The number of ether oxygens (including phenoxy) is 1. The highest BCUT2D eigenvalue weighted by atomic mass is 32.2. The van der Waals surface area contributed by atoms with E-state index in [0.29, 0.717) is 37.7 Å². The van der Waals surface area contributed by atoms with E-state index in [1.54, 1.807) is 6.07 Å². The van der Waals surface area contributed by atoms with E-state index in [1.165, 1.54) is 17.7 Å². The largest absolute Gasteiger partial charge is 0.378 e. The summed E-state index contributed by atoms with van der Waals surface area (Å²) in [4.78, 5) is 14.8. The fourth-order valence-electron chi connectivity index (χ4n) is 2.98. The highest BCUT2D eigenvalue weighted by Gasteiger charge is 2.22. The summed E-state index contributed by atoms with van der Waals surface area (Å²) in [6.07, 6.45) is 0.909. The molecule has 0 aliphatic carbocycles. The summed E-state index contributed by atoms with van der Waals surface area (Å²) >= 11 is 0. The number of primary sulfonamides is 1. The molecule has 27 heavy (non-hydrogen) atoms. The average molecular weight is 389 g/mol. The van der Waals surface area contributed by atoms with E-state index < -0.39 is 10.0 Å². The maximum Gasteiger partial charge on any atom is 0.257 e. The Labute approximate surface area is 159 Å². The van der Waals surface area contributed by atoms with Crippen LogP contribution >= 0.6 is 0 Å². The first kappa shape index (κ1) is 19.3. The molecule has 1 heterocycles. The number of morpholine rings is 1. The molecule has 2 aromatic carbocycles. The van der Waals surface area contributed by atoms with Crippen molar-refractivity contribution in [3.05, 3.63) is 53.6 Å². The fraction of sp³-hybridized carbons (Fsp3) is 0.316. The molecule has 1 aliphatic rings. The van der Waals surface area contributed by atoms with Gasteiger partial charge in [0.25, 0.3) is 5.91 Å². The molecular formula is C19H23N3O4S. The van der Waals surface area contributed by atoms with Crippen LogP contribution in [0.15, 0.2) is 47.4 Å². The number of rotatable bonds is 5. The second kappa shape index (κ2) is 8.08. The maximum absolute atomic E-state index is 12.9. The average Bonchev–Trinajstić information content (AvgIpc) is 2.68. The molecule has 0 spiro atoms. The van der Waals surface area contributed by atoms with Gasteiger partial charge in [0, 0.05) is 24.5 Å². The van der Waals surface area contributed by atoms with E-state index in [4.69, 9.17) is 9.88 Å². The Hall–Kier alpha value is -2.42. The molecule has 8 heteroatoms. The standard InChI is InChI=1S/C19H23N3O4S/c1-2-14-3-5-15(6-4-14)21-19(23)17-13-16(27(20,24)25)7-8-18(17)22-9-11-26-12-10-22/h3-8,13H,2,9-12H2,1H3,(H,21,23)(H2,20,24,25). The molecule has 1 fully saturated rings. The van der Waals surface area contributed by atoms with Crippen molar-refractivity contribution in [2.75, 3.05) is 36.5 Å². The molecule has 3 rings (SSSR count). The molecule has 0 bridgehead atoms. The van der Waals surface area contributed by atoms with Crippen molar-refractivity contribution in [2.45, 2.75) is 18.2 Å². The number of anilines is 2. The van der Waals surface area contributed by atoms with Gasteiger partial charge in [-0.05, 0) is 42.3 Å². The Morgan fingerprint density at radius 2 is 1.81 bits per heavy atom. The summed E-state index contributed by atoms with van der Waals surface area (Å²) in [6, 6.07) is 11.9. The molecule has 1 amide bonds. The van der Waals surface area contributed by atoms with Crippen LogP contribution in [0.3, 0.4) is 0 Å². The smallest absolute Gasteiger partial charge is 0.257 e. The van der Waals surface area contributed by atoms with Crippen molar-refractivity contribution in [1.29, 1.82) is 0 Å². The molecule has 1 saturated heterocycles. The number of benzene rings is 2. The third-order valence-corrected chi connectivity index (χ3v) is 5.42. The second-order valence-electron chi connectivity index (χ2n) is 6.33. The number of nitrogens with two attached hydrogens (primary N) is 1. The van der Waals surface area contributed by atoms with Crippen LogP contribution in [0.4, 0.5) is 11.4 Å². The van der Waals surface area contributed by atoms with Crippen LogP contribution in [0, 0.1) is 0 Å². The van der Waals surface area contributed by atoms with Gasteiger partial charge in [-0.3, -0.25) is 4.79 Å². The van der Waals surface area contributed by atoms with Gasteiger partial charge in [0.15, 0.2) is 0 Å². The van der Waals surface area contributed by atoms with Gasteiger partial charge in [-0.25, -0.2) is 13.6 Å². The highest BCUT2D eigenvalue weighted by Crippen LogP contribution is 2.26. The van der Waals surface area contributed by atoms with Gasteiger partial charge >= 0.3 is 0 Å². The zero-order valence-electron chi connectivity index (χ0n) is 15.1. The number of nitrogens with zero attached hydrogens (tertiary/aromatic N) is 1. The normalized spacial score (nSPS) is 14.8. The zero-order valence-corrected chi connectivity index (χ0v) is 16.0. The Bertz CT molecular complexity index is 920. The number of nitrogens with one attached hydrogen (secondary N) is 1. The first-order chi connectivity index (χ1) is 12.9. The lowest BCUT2D eigenvalue weighted by Gasteiger charge is -2.30. The summed E-state index contributed by atoms with van der Waals surface area (Å²) in [7, 11) is -3.91. The van der Waals surface area contributed by atoms with E-state index in [2.05, 4.69) is 12.2 Å². The summed E-state index contributed by atoms with van der Waals surface area (Å²) < 4.78 is 28.8. The van der Waals surface area contributed by atoms with Crippen LogP contribution in [0.2, 0.25) is 0 Å². The predicted octanol–water partition coefficient (Wildman–Crippen LogP) is 1.99. The predicted molar refractivity (Wildman–Crippen MR) is 105 cm³/mol. The second-order valence-corrected chi connectivity index (χ2v) is 7.89. The number of carbonyl (C=O) groups excluding carboxylic acids is 1. The van der Waals surface area contributed by atoms with Crippen LogP contribution in [-0.4, -0.2) is 40.6 Å². The molecule has 7 nitrogen and oxygen atoms in total. The summed E-state index contributed by atoms with van der Waals surface area (Å²) in [6.45, 7) is 4.41. The third kappa shape index (κ3) is 4.65. The molecule has 144 valence electrons. The quantitative estimate of drug-likeness (QED) is 0.814. The molecule has 0 unspecified atom stereocenters. The van der Waals surface area contributed by atoms with E-state index in [-0.39, 0.29) is 16.4 Å². The minimum Gasteiger partial charge on any atom is -0.378 e. The van der Waals surface area contributed by atoms with Crippen LogP contribution in [0.25, 0.3) is 0 Å². The fourth-order valence-corrected chi connectivity index (χ4v) is 3.52. The summed E-state index contributed by atoms with van der Waals surface area (Å²) in [5.74, 6) is -0.383. The molecular weight excluding hydrogens is 366 g/mol. The maximum atomic E-state index is 12.9. The molecule has 0 atom stereocenters. The van der Waals surface area contributed by atoms with Crippen molar-refractivity contribution in [1.82, 2.24) is 0 Å². The molecule has 3 N–H and O–H groups in total. The minimum atomic E-state index is -3.91. The highest BCUT2D eigenvalue weighted by molar-refractivity contribution is 7.89. The molecule has 0 aromatic heterocycles. The topological polar surface area (TPSA) is 102 Å². The van der Waals surface area contributed by atoms with E-state index in [0.717, 1.165) is 6.42 Å². The van der Waals surface area contributed by atoms with Crippen LogP contribution in [0.5, 0.6) is 0 Å². The van der Waals surface area contributed by atoms with Crippen molar-refractivity contribution in [3.63, 3.8) is 0 Å². The number of aryl methyl sites for hydroxylation is 1. The van der Waals surface area contributed by atoms with Crippen molar-refractivity contribution < 1.29 is 17.9 Å². The lowest BCUT2D eigenvalue weighted by atomic mass is 10.1. The minimum absolute atomic E-state index is 0.0917. The van der Waals surface area contributed by atoms with Gasteiger partial charge in [0.05, 0.1) is 23.7 Å². The molecule has 0 radical (unpaired) electrons. The van der Waals surface area contributed by atoms with Crippen molar-refractivity contribution in [3.8, 4) is 0 Å². The van der Waals surface area contributed by atoms with Crippen molar-refractivity contribution >= 4 is 27.3 Å². The van der Waals surface area contributed by atoms with Gasteiger partial charge in [-0.15, -0.1) is 0 Å². The number of hydrogen-bond donors (Lipinski definition) is 2. The van der Waals surface area contributed by atoms with Crippen molar-refractivity contribution in [2.24, 2.45) is 5.14 Å². The molecule has 0 saturated carbocycles. The van der Waals surface area contributed by atoms with Gasteiger partial charge in [0.2, 0.25) is 10.0 Å². The number of amides is 1. The Morgan fingerprint density at radius 1 is 1.15 bits per heavy atom. The number of sulfonamides is 1. The molecule has 2 aromatic rings. The van der Waals surface area contributed by atoms with Gasteiger partial charge in [-0.2, -0.15) is 0 Å². The monoisotopic (exact) mass is 389 g/mol. The van der Waals surface area contributed by atoms with Crippen LogP contribution in [-0.2, 0) is 21.2 Å². The third-order valence-electron chi connectivity index (χ3n) is 4.51. The SMILES string of the molecule is CCc1ccc(NC(=O)c2cc(S(N)(=O)=O)ccc2N2CCOCC2)cc1. The van der Waals surface area contributed by atoms with Crippen LogP contribution < -0.4 is 15.4 Å².